The van der Waals surface area contributed by atoms with Gasteiger partial charge in [-0.2, -0.15) is 0 Å². The van der Waals surface area contributed by atoms with E-state index in [-0.39, 0.29) is 11.9 Å². The molecule has 1 fully saturated rings. The Morgan fingerprint density at radius 3 is 2.62 bits per heavy atom. The van der Waals surface area contributed by atoms with E-state index < -0.39 is 17.7 Å². The highest BCUT2D eigenvalue weighted by Gasteiger charge is 2.22. The van der Waals surface area contributed by atoms with Crippen LogP contribution >= 0.6 is 0 Å². The van der Waals surface area contributed by atoms with Gasteiger partial charge in [0, 0.05) is 25.7 Å². The van der Waals surface area contributed by atoms with Crippen LogP contribution in [0.1, 0.15) is 25.3 Å². The van der Waals surface area contributed by atoms with Crippen LogP contribution in [0.4, 0.5) is 8.78 Å². The topological polar surface area (TPSA) is 52.6 Å². The lowest BCUT2D eigenvalue weighted by molar-refractivity contribution is -0.129. The molecular formula is C15H20F2N2O2. The molecule has 1 atom stereocenters. The maximum absolute atomic E-state index is 13.1. The first-order valence-electron chi connectivity index (χ1n) is 7.10. The second-order valence-corrected chi connectivity index (χ2v) is 5.48. The highest BCUT2D eigenvalue weighted by molar-refractivity contribution is 5.80. The van der Waals surface area contributed by atoms with Gasteiger partial charge in [-0.3, -0.25) is 9.69 Å². The summed E-state index contributed by atoms with van der Waals surface area (Å²) in [6.45, 7) is 3.54. The molecule has 1 aromatic rings. The number of nitrogens with zero attached hydrogens (tertiary/aromatic N) is 1. The van der Waals surface area contributed by atoms with Gasteiger partial charge < -0.3 is 10.4 Å². The molecule has 1 aliphatic heterocycles. The zero-order valence-corrected chi connectivity index (χ0v) is 12.0. The van der Waals surface area contributed by atoms with E-state index in [4.69, 9.17) is 5.11 Å². The number of likely N-dealkylation sites (tertiary alicyclic amines) is 1. The normalized spacial score (nSPS) is 18.5. The molecule has 2 N–H and O–H groups in total. The Balaban J connectivity index is 1.81. The third kappa shape index (κ3) is 4.47. The Bertz CT molecular complexity index is 500. The minimum absolute atomic E-state index is 0.0632. The van der Waals surface area contributed by atoms with Crippen LogP contribution in [0.25, 0.3) is 0 Å². The van der Waals surface area contributed by atoms with Gasteiger partial charge in [-0.15, -0.1) is 0 Å². The van der Waals surface area contributed by atoms with Crippen LogP contribution < -0.4 is 5.32 Å². The first-order valence-corrected chi connectivity index (χ1v) is 7.10. The lowest BCUT2D eigenvalue weighted by atomic mass is 10.0. The molecule has 1 amide bonds. The first kappa shape index (κ1) is 15.9. The highest BCUT2D eigenvalue weighted by atomic mass is 19.2. The summed E-state index contributed by atoms with van der Waals surface area (Å²) in [7, 11) is 0. The maximum atomic E-state index is 13.1. The quantitative estimate of drug-likeness (QED) is 0.884. The second kappa shape index (κ2) is 6.95. The molecule has 0 spiro atoms. The third-order valence-electron chi connectivity index (χ3n) is 3.70. The number of aliphatic hydroxyl groups is 1. The van der Waals surface area contributed by atoms with Crippen molar-refractivity contribution in [2.75, 3.05) is 13.1 Å². The molecule has 0 saturated carbocycles. The zero-order chi connectivity index (χ0) is 15.4. The summed E-state index contributed by atoms with van der Waals surface area (Å²) in [6, 6.07) is 4.00. The summed E-state index contributed by atoms with van der Waals surface area (Å²) in [4.78, 5) is 13.5. The molecule has 0 radical (unpaired) electrons. The van der Waals surface area contributed by atoms with E-state index in [9.17, 15) is 13.6 Å². The number of halogens is 2. The van der Waals surface area contributed by atoms with Crippen LogP contribution in [0.15, 0.2) is 18.2 Å². The Morgan fingerprint density at radius 2 is 2.05 bits per heavy atom. The van der Waals surface area contributed by atoms with Gasteiger partial charge in [-0.25, -0.2) is 8.78 Å². The van der Waals surface area contributed by atoms with Crippen LogP contribution in [0.3, 0.4) is 0 Å². The number of aliphatic hydroxyl groups excluding tert-OH is 1. The average Bonchev–Trinajstić information content (AvgIpc) is 2.45. The number of hydrogen-bond acceptors (Lipinski definition) is 3. The van der Waals surface area contributed by atoms with Gasteiger partial charge in [0.25, 0.3) is 0 Å². The monoisotopic (exact) mass is 298 g/mol. The van der Waals surface area contributed by atoms with Crippen LogP contribution in [-0.4, -0.2) is 41.1 Å². The van der Waals surface area contributed by atoms with E-state index in [0.29, 0.717) is 6.54 Å². The number of benzene rings is 1. The lowest BCUT2D eigenvalue weighted by Gasteiger charge is -2.32. The van der Waals surface area contributed by atoms with Gasteiger partial charge in [-0.1, -0.05) is 6.07 Å². The predicted molar refractivity (Wildman–Crippen MR) is 74.5 cm³/mol. The molecule has 4 nitrogen and oxygen atoms in total. The largest absolute Gasteiger partial charge is 0.384 e. The number of piperidine rings is 1. The Morgan fingerprint density at radius 1 is 1.38 bits per heavy atom. The van der Waals surface area contributed by atoms with Gasteiger partial charge >= 0.3 is 0 Å². The smallest absolute Gasteiger partial charge is 0.248 e. The molecular weight excluding hydrogens is 278 g/mol. The standard InChI is InChI=1S/C15H20F2N2O2/c1-10(20)15(21)18-12-4-6-19(7-5-12)9-11-2-3-13(16)14(17)8-11/h2-3,8,10,12,20H,4-7,9H2,1H3,(H,18,21). The fourth-order valence-corrected chi connectivity index (χ4v) is 2.45. The highest BCUT2D eigenvalue weighted by Crippen LogP contribution is 2.16. The van der Waals surface area contributed by atoms with Gasteiger partial charge in [0.15, 0.2) is 11.6 Å². The fraction of sp³-hybridized carbons (Fsp3) is 0.533. The Kier molecular flexibility index (Phi) is 5.25. The number of nitrogens with one attached hydrogen (secondary N) is 1. The second-order valence-electron chi connectivity index (χ2n) is 5.48. The molecule has 1 saturated heterocycles. The lowest BCUT2D eigenvalue weighted by Crippen LogP contribution is -2.46. The number of amides is 1. The van der Waals surface area contributed by atoms with Crippen molar-refractivity contribution in [3.05, 3.63) is 35.4 Å². The molecule has 0 aromatic heterocycles. The van der Waals surface area contributed by atoms with Crippen molar-refractivity contribution >= 4 is 5.91 Å². The van der Waals surface area contributed by atoms with Crippen molar-refractivity contribution < 1.29 is 18.7 Å². The molecule has 1 aliphatic rings. The summed E-state index contributed by atoms with van der Waals surface area (Å²) in [6.07, 6.45) is 0.565. The van der Waals surface area contributed by atoms with Gasteiger partial charge in [0.05, 0.1) is 0 Å². The van der Waals surface area contributed by atoms with Crippen LogP contribution in [0.5, 0.6) is 0 Å². The van der Waals surface area contributed by atoms with Crippen molar-refractivity contribution in [3.8, 4) is 0 Å². The number of rotatable bonds is 4. The summed E-state index contributed by atoms with van der Waals surface area (Å²) < 4.78 is 26.0. The minimum atomic E-state index is -0.995. The summed E-state index contributed by atoms with van der Waals surface area (Å²) in [5, 5.41) is 12.0. The zero-order valence-electron chi connectivity index (χ0n) is 12.0. The number of carbonyl (C=O) groups excluding carboxylic acids is 1. The molecule has 1 aromatic carbocycles. The van der Waals surface area contributed by atoms with E-state index in [1.54, 1.807) is 6.07 Å². The molecule has 1 unspecified atom stereocenters. The van der Waals surface area contributed by atoms with Crippen LogP contribution in [-0.2, 0) is 11.3 Å². The molecule has 1 heterocycles. The minimum Gasteiger partial charge on any atom is -0.384 e. The van der Waals surface area contributed by atoms with Crippen molar-refractivity contribution in [3.63, 3.8) is 0 Å². The third-order valence-corrected chi connectivity index (χ3v) is 3.70. The van der Waals surface area contributed by atoms with Gasteiger partial charge in [-0.05, 0) is 37.5 Å². The van der Waals surface area contributed by atoms with Crippen molar-refractivity contribution in [2.24, 2.45) is 0 Å². The summed E-state index contributed by atoms with van der Waals surface area (Å²) in [5.74, 6) is -2.01. The average molecular weight is 298 g/mol. The summed E-state index contributed by atoms with van der Waals surface area (Å²) in [5.41, 5.74) is 0.736. The predicted octanol–water partition coefficient (Wildman–Crippen LogP) is 1.43. The fourth-order valence-electron chi connectivity index (χ4n) is 2.45. The Labute approximate surface area is 122 Å². The van der Waals surface area contributed by atoms with Gasteiger partial charge in [0.2, 0.25) is 5.91 Å². The summed E-state index contributed by atoms with van der Waals surface area (Å²) >= 11 is 0. The Hall–Kier alpha value is -1.53. The number of hydrogen-bond donors (Lipinski definition) is 2. The van der Waals surface area contributed by atoms with Crippen molar-refractivity contribution in [1.82, 2.24) is 10.2 Å². The maximum Gasteiger partial charge on any atom is 0.248 e. The molecule has 2 rings (SSSR count). The van der Waals surface area contributed by atoms with E-state index in [1.165, 1.54) is 13.0 Å². The van der Waals surface area contributed by atoms with E-state index in [0.717, 1.165) is 37.6 Å². The van der Waals surface area contributed by atoms with E-state index in [2.05, 4.69) is 10.2 Å². The molecule has 0 aliphatic carbocycles. The van der Waals surface area contributed by atoms with Crippen molar-refractivity contribution in [2.45, 2.75) is 38.5 Å². The number of carbonyl (C=O) groups is 1. The molecule has 6 heteroatoms. The van der Waals surface area contributed by atoms with E-state index >= 15 is 0 Å². The molecule has 0 bridgehead atoms. The van der Waals surface area contributed by atoms with Crippen LogP contribution in [0.2, 0.25) is 0 Å². The molecule has 21 heavy (non-hydrogen) atoms. The van der Waals surface area contributed by atoms with Crippen molar-refractivity contribution in [1.29, 1.82) is 0 Å². The SMILES string of the molecule is CC(O)C(=O)NC1CCN(Cc2ccc(F)c(F)c2)CC1. The first-order chi connectivity index (χ1) is 9.95. The van der Waals surface area contributed by atoms with E-state index in [1.807, 2.05) is 0 Å². The molecule has 116 valence electrons. The van der Waals surface area contributed by atoms with Gasteiger partial charge in [0.1, 0.15) is 6.10 Å². The van der Waals surface area contributed by atoms with Crippen LogP contribution in [0, 0.1) is 11.6 Å².